The van der Waals surface area contributed by atoms with Crippen LogP contribution in [-0.4, -0.2) is 31.3 Å². The fourth-order valence-corrected chi connectivity index (χ4v) is 1.32. The SMILES string of the molecule is COCC(C)NCCc1ccncc1. The van der Waals surface area contributed by atoms with Gasteiger partial charge in [-0.3, -0.25) is 4.98 Å². The van der Waals surface area contributed by atoms with Crippen LogP contribution in [0.4, 0.5) is 0 Å². The standard InChI is InChI=1S/C11H18N2O/c1-10(9-14-2)13-8-5-11-3-6-12-7-4-11/h3-4,6-7,10,13H,5,8-9H2,1-2H3. The zero-order valence-corrected chi connectivity index (χ0v) is 8.86. The number of nitrogens with zero attached hydrogens (tertiary/aromatic N) is 1. The fraction of sp³-hybridized carbons (Fsp3) is 0.545. The van der Waals surface area contributed by atoms with Gasteiger partial charge in [-0.1, -0.05) is 0 Å². The summed E-state index contributed by atoms with van der Waals surface area (Å²) < 4.78 is 5.03. The van der Waals surface area contributed by atoms with Crippen LogP contribution in [0.1, 0.15) is 12.5 Å². The molecule has 1 unspecified atom stereocenters. The summed E-state index contributed by atoms with van der Waals surface area (Å²) in [4.78, 5) is 3.98. The largest absolute Gasteiger partial charge is 0.383 e. The van der Waals surface area contributed by atoms with Crippen molar-refractivity contribution in [3.8, 4) is 0 Å². The molecule has 3 nitrogen and oxygen atoms in total. The summed E-state index contributed by atoms with van der Waals surface area (Å²) in [7, 11) is 1.72. The van der Waals surface area contributed by atoms with Crippen LogP contribution in [0.25, 0.3) is 0 Å². The van der Waals surface area contributed by atoms with Gasteiger partial charge in [-0.2, -0.15) is 0 Å². The van der Waals surface area contributed by atoms with Gasteiger partial charge in [0.1, 0.15) is 0 Å². The van der Waals surface area contributed by atoms with Gasteiger partial charge in [0, 0.05) is 25.5 Å². The van der Waals surface area contributed by atoms with E-state index in [-0.39, 0.29) is 0 Å². The molecule has 78 valence electrons. The van der Waals surface area contributed by atoms with Gasteiger partial charge in [0.2, 0.25) is 0 Å². The van der Waals surface area contributed by atoms with Crippen LogP contribution in [0.3, 0.4) is 0 Å². The molecule has 0 aromatic carbocycles. The molecule has 0 aliphatic heterocycles. The van der Waals surface area contributed by atoms with Gasteiger partial charge in [0.25, 0.3) is 0 Å². The Bertz CT molecular complexity index is 238. The lowest BCUT2D eigenvalue weighted by molar-refractivity contribution is 0.172. The van der Waals surface area contributed by atoms with Crippen LogP contribution in [0.5, 0.6) is 0 Å². The number of rotatable bonds is 6. The van der Waals surface area contributed by atoms with E-state index in [1.807, 2.05) is 24.5 Å². The second kappa shape index (κ2) is 6.51. The molecule has 3 heteroatoms. The first-order valence-corrected chi connectivity index (χ1v) is 4.94. The molecule has 1 rings (SSSR count). The summed E-state index contributed by atoms with van der Waals surface area (Å²) in [5.41, 5.74) is 1.32. The van der Waals surface area contributed by atoms with E-state index in [1.165, 1.54) is 5.56 Å². The summed E-state index contributed by atoms with van der Waals surface area (Å²) in [5, 5.41) is 3.39. The average Bonchev–Trinajstić information content (AvgIpc) is 2.20. The van der Waals surface area contributed by atoms with E-state index in [9.17, 15) is 0 Å². The van der Waals surface area contributed by atoms with Crippen molar-refractivity contribution in [2.45, 2.75) is 19.4 Å². The third-order valence-electron chi connectivity index (χ3n) is 2.07. The lowest BCUT2D eigenvalue weighted by Gasteiger charge is -2.12. The highest BCUT2D eigenvalue weighted by Gasteiger charge is 1.99. The molecule has 1 heterocycles. The second-order valence-corrected chi connectivity index (χ2v) is 3.42. The molecule has 14 heavy (non-hydrogen) atoms. The van der Waals surface area contributed by atoms with Gasteiger partial charge in [0.15, 0.2) is 0 Å². The molecule has 1 aromatic heterocycles. The lowest BCUT2D eigenvalue weighted by atomic mass is 10.2. The maximum atomic E-state index is 5.03. The number of hydrogen-bond donors (Lipinski definition) is 1. The summed E-state index contributed by atoms with van der Waals surface area (Å²) in [6.07, 6.45) is 4.69. The van der Waals surface area contributed by atoms with Crippen molar-refractivity contribution in [1.29, 1.82) is 0 Å². The van der Waals surface area contributed by atoms with Crippen molar-refractivity contribution in [3.05, 3.63) is 30.1 Å². The van der Waals surface area contributed by atoms with Crippen molar-refractivity contribution < 1.29 is 4.74 Å². The molecule has 0 radical (unpaired) electrons. The Labute approximate surface area is 85.5 Å². The highest BCUT2D eigenvalue weighted by Crippen LogP contribution is 1.96. The Morgan fingerprint density at radius 2 is 2.14 bits per heavy atom. The van der Waals surface area contributed by atoms with Gasteiger partial charge in [-0.05, 0) is 37.6 Å². The van der Waals surface area contributed by atoms with Crippen molar-refractivity contribution in [2.24, 2.45) is 0 Å². The summed E-state index contributed by atoms with van der Waals surface area (Å²) in [6, 6.07) is 4.51. The number of ether oxygens (including phenoxy) is 1. The van der Waals surface area contributed by atoms with Crippen LogP contribution in [0.15, 0.2) is 24.5 Å². The van der Waals surface area contributed by atoms with E-state index in [0.29, 0.717) is 6.04 Å². The Balaban J connectivity index is 2.16. The maximum absolute atomic E-state index is 5.03. The quantitative estimate of drug-likeness (QED) is 0.740. The number of aromatic nitrogens is 1. The summed E-state index contributed by atoms with van der Waals surface area (Å²) >= 11 is 0. The first-order valence-electron chi connectivity index (χ1n) is 4.94. The van der Waals surface area contributed by atoms with Gasteiger partial charge >= 0.3 is 0 Å². The molecule has 0 saturated heterocycles. The molecular formula is C11H18N2O. The van der Waals surface area contributed by atoms with Gasteiger partial charge in [0.05, 0.1) is 6.61 Å². The predicted octanol–water partition coefficient (Wildman–Crippen LogP) is 1.25. The van der Waals surface area contributed by atoms with E-state index in [1.54, 1.807) is 7.11 Å². The van der Waals surface area contributed by atoms with Crippen molar-refractivity contribution >= 4 is 0 Å². The minimum absolute atomic E-state index is 0.418. The van der Waals surface area contributed by atoms with Crippen LogP contribution in [0.2, 0.25) is 0 Å². The third-order valence-corrected chi connectivity index (χ3v) is 2.07. The van der Waals surface area contributed by atoms with E-state index in [2.05, 4.69) is 17.2 Å². The Kier molecular flexibility index (Phi) is 5.19. The number of methoxy groups -OCH3 is 1. The van der Waals surface area contributed by atoms with Gasteiger partial charge < -0.3 is 10.1 Å². The first kappa shape index (κ1) is 11.1. The van der Waals surface area contributed by atoms with Crippen molar-refractivity contribution in [1.82, 2.24) is 10.3 Å². The maximum Gasteiger partial charge on any atom is 0.0613 e. The predicted molar refractivity (Wildman–Crippen MR) is 57.3 cm³/mol. The molecule has 1 N–H and O–H groups in total. The van der Waals surface area contributed by atoms with Gasteiger partial charge in [-0.15, -0.1) is 0 Å². The molecule has 1 atom stereocenters. The third kappa shape index (κ3) is 4.35. The Hall–Kier alpha value is -0.930. The molecule has 0 spiro atoms. The van der Waals surface area contributed by atoms with Crippen LogP contribution < -0.4 is 5.32 Å². The van der Waals surface area contributed by atoms with E-state index < -0.39 is 0 Å². The van der Waals surface area contributed by atoms with Crippen LogP contribution in [0, 0.1) is 0 Å². The highest BCUT2D eigenvalue weighted by molar-refractivity contribution is 5.09. The van der Waals surface area contributed by atoms with Gasteiger partial charge in [-0.25, -0.2) is 0 Å². The minimum Gasteiger partial charge on any atom is -0.383 e. The summed E-state index contributed by atoms with van der Waals surface area (Å²) in [6.45, 7) is 3.86. The number of nitrogens with one attached hydrogen (secondary N) is 1. The van der Waals surface area contributed by atoms with Crippen molar-refractivity contribution in [3.63, 3.8) is 0 Å². The van der Waals surface area contributed by atoms with E-state index in [4.69, 9.17) is 4.74 Å². The fourth-order valence-electron chi connectivity index (χ4n) is 1.32. The van der Waals surface area contributed by atoms with Crippen LogP contribution in [-0.2, 0) is 11.2 Å². The summed E-state index contributed by atoms with van der Waals surface area (Å²) in [5.74, 6) is 0. The second-order valence-electron chi connectivity index (χ2n) is 3.42. The highest BCUT2D eigenvalue weighted by atomic mass is 16.5. The van der Waals surface area contributed by atoms with E-state index >= 15 is 0 Å². The average molecular weight is 194 g/mol. The lowest BCUT2D eigenvalue weighted by Crippen LogP contribution is -2.31. The zero-order chi connectivity index (χ0) is 10.2. The molecule has 0 amide bonds. The Morgan fingerprint density at radius 1 is 1.43 bits per heavy atom. The monoisotopic (exact) mass is 194 g/mol. The molecule has 0 aliphatic carbocycles. The zero-order valence-electron chi connectivity index (χ0n) is 8.86. The first-order chi connectivity index (χ1) is 6.83. The molecule has 0 fully saturated rings. The minimum atomic E-state index is 0.418. The molecule has 1 aromatic rings. The normalized spacial score (nSPS) is 12.7. The Morgan fingerprint density at radius 3 is 2.79 bits per heavy atom. The topological polar surface area (TPSA) is 34.1 Å². The molecule has 0 saturated carbocycles. The molecule has 0 aliphatic rings. The van der Waals surface area contributed by atoms with E-state index in [0.717, 1.165) is 19.6 Å². The number of pyridine rings is 1. The molecule has 0 bridgehead atoms. The smallest absolute Gasteiger partial charge is 0.0613 e. The molecular weight excluding hydrogens is 176 g/mol. The van der Waals surface area contributed by atoms with Crippen molar-refractivity contribution in [2.75, 3.05) is 20.3 Å². The number of hydrogen-bond acceptors (Lipinski definition) is 3. The van der Waals surface area contributed by atoms with Crippen LogP contribution >= 0.6 is 0 Å².